The molecule has 0 aromatic rings. The van der Waals surface area contributed by atoms with E-state index in [9.17, 15) is 14.4 Å². The van der Waals surface area contributed by atoms with E-state index in [1.54, 1.807) is 14.2 Å². The summed E-state index contributed by atoms with van der Waals surface area (Å²) in [6.45, 7) is 29.0. The first-order valence-electron chi connectivity index (χ1n) is 34.6. The van der Waals surface area contributed by atoms with Gasteiger partial charge >= 0.3 is 17.9 Å². The summed E-state index contributed by atoms with van der Waals surface area (Å²) in [6, 6.07) is 0. The van der Waals surface area contributed by atoms with Crippen LogP contribution in [0.2, 0.25) is 0 Å². The molecule has 0 radical (unpaired) electrons. The zero-order valence-corrected chi connectivity index (χ0v) is 57.2. The van der Waals surface area contributed by atoms with Crippen LogP contribution >= 0.6 is 0 Å². The quantitative estimate of drug-likeness (QED) is 0.0428. The van der Waals surface area contributed by atoms with Crippen molar-refractivity contribution in [1.29, 1.82) is 0 Å². The van der Waals surface area contributed by atoms with E-state index in [-0.39, 0.29) is 79.1 Å². The first kappa shape index (κ1) is 70.3. The molecule has 88 heavy (non-hydrogen) atoms. The molecule has 10 unspecified atom stereocenters. The number of ether oxygens (including phenoxy) is 15. The number of hydrogen-bond acceptors (Lipinski definition) is 18. The Morgan fingerprint density at radius 2 is 0.705 bits per heavy atom. The predicted octanol–water partition coefficient (Wildman–Crippen LogP) is 13.7. The summed E-state index contributed by atoms with van der Waals surface area (Å²) in [5.74, 6) is 0.948. The highest BCUT2D eigenvalue weighted by molar-refractivity contribution is 5.77. The van der Waals surface area contributed by atoms with Gasteiger partial charge in [0.15, 0.2) is 25.2 Å². The lowest BCUT2D eigenvalue weighted by molar-refractivity contribution is -0.344. The van der Waals surface area contributed by atoms with Crippen LogP contribution in [0.4, 0.5) is 0 Å². The van der Waals surface area contributed by atoms with Crippen LogP contribution in [0.15, 0.2) is 0 Å². The molecule has 2 saturated heterocycles. The summed E-state index contributed by atoms with van der Waals surface area (Å²) in [5, 5.41) is 0. The number of hydrogen-bond donors (Lipinski definition) is 0. The van der Waals surface area contributed by atoms with Crippen molar-refractivity contribution >= 4 is 17.9 Å². The van der Waals surface area contributed by atoms with Gasteiger partial charge in [-0.05, 0) is 203 Å². The van der Waals surface area contributed by atoms with E-state index in [1.807, 2.05) is 83.1 Å². The van der Waals surface area contributed by atoms with Crippen LogP contribution in [0.1, 0.15) is 263 Å². The lowest BCUT2D eigenvalue weighted by Crippen LogP contribution is -2.69. The van der Waals surface area contributed by atoms with Gasteiger partial charge in [-0.15, -0.1) is 0 Å². The van der Waals surface area contributed by atoms with Gasteiger partial charge in [-0.2, -0.15) is 0 Å². The Morgan fingerprint density at radius 1 is 0.420 bits per heavy atom. The van der Waals surface area contributed by atoms with E-state index < -0.39 is 44.3 Å². The largest absolute Gasteiger partial charge is 0.458 e. The van der Waals surface area contributed by atoms with Crippen LogP contribution in [-0.2, 0) is 85.4 Å². The number of carbonyl (C=O) groups excluding carboxylic acids is 3. The summed E-state index contributed by atoms with van der Waals surface area (Å²) >= 11 is 0. The Hall–Kier alpha value is -2.07. The van der Waals surface area contributed by atoms with Gasteiger partial charge in [-0.3, -0.25) is 14.4 Å². The molecule has 2 heterocycles. The van der Waals surface area contributed by atoms with Gasteiger partial charge in [0, 0.05) is 98.4 Å². The second-order valence-electron chi connectivity index (χ2n) is 31.8. The molecule has 14 rings (SSSR count). The van der Waals surface area contributed by atoms with Crippen molar-refractivity contribution in [2.45, 2.75) is 339 Å². The summed E-state index contributed by atoms with van der Waals surface area (Å²) in [4.78, 5) is 39.2. The lowest BCUT2D eigenvalue weighted by atomic mass is 9.50. The van der Waals surface area contributed by atoms with E-state index >= 15 is 0 Å². The zero-order valence-electron chi connectivity index (χ0n) is 57.2. The third-order valence-corrected chi connectivity index (χ3v) is 22.6. The number of carbonyl (C=O) groups is 3. The predicted molar refractivity (Wildman–Crippen MR) is 328 cm³/mol. The van der Waals surface area contributed by atoms with Crippen LogP contribution in [0, 0.1) is 34.0 Å². The lowest BCUT2D eigenvalue weighted by Gasteiger charge is -2.65. The van der Waals surface area contributed by atoms with Crippen molar-refractivity contribution in [2.75, 3.05) is 54.2 Å². The first-order chi connectivity index (χ1) is 41.5. The van der Waals surface area contributed by atoms with Crippen LogP contribution in [0.3, 0.4) is 0 Å². The fourth-order valence-corrected chi connectivity index (χ4v) is 18.9. The van der Waals surface area contributed by atoms with E-state index in [0.717, 1.165) is 174 Å². The minimum Gasteiger partial charge on any atom is -0.458 e. The van der Waals surface area contributed by atoms with E-state index in [4.69, 9.17) is 71.1 Å². The van der Waals surface area contributed by atoms with E-state index in [1.165, 1.54) is 0 Å². The van der Waals surface area contributed by atoms with Crippen LogP contribution in [0.25, 0.3) is 0 Å². The van der Waals surface area contributed by atoms with Crippen molar-refractivity contribution in [3.8, 4) is 0 Å². The maximum absolute atomic E-state index is 13.2. The maximum atomic E-state index is 13.2. The average Bonchev–Trinajstić information content (AvgIpc) is 0.746. The molecule has 0 N–H and O–H groups in total. The fourth-order valence-electron chi connectivity index (χ4n) is 18.9. The van der Waals surface area contributed by atoms with Gasteiger partial charge < -0.3 is 71.1 Å². The Kier molecular flexibility index (Phi) is 21.8. The molecule has 12 bridgehead atoms. The SMILES string of the molecule is CCC(C)(C)C(=O)OC12CC3CC(OC4CCCCO4)(C1)CC(OC1CCCCO1)(C3)C2.CCC(C)(C)C(=O)OC12CC3CC(OCOC)(CC(OCOC)(C3)C1)C2.CCOC(C)OC12CC3CC(OC(=O)C(C)(C)CC)(C1)CC(OC(C)OCC)(C3)C2. The topological polar surface area (TPSA) is 190 Å². The molecule has 12 aliphatic carbocycles. The van der Waals surface area contributed by atoms with Gasteiger partial charge in [-0.1, -0.05) is 20.8 Å². The van der Waals surface area contributed by atoms with Crippen molar-refractivity contribution in [3.05, 3.63) is 0 Å². The summed E-state index contributed by atoms with van der Waals surface area (Å²) in [6.07, 6.45) is 23.2. The Labute approximate surface area is 528 Å². The highest BCUT2D eigenvalue weighted by Gasteiger charge is 2.70. The molecule has 506 valence electrons. The highest BCUT2D eigenvalue weighted by atomic mass is 16.7. The second kappa shape index (κ2) is 27.3. The molecule has 2 aliphatic heterocycles. The van der Waals surface area contributed by atoms with Crippen LogP contribution in [0.5, 0.6) is 0 Å². The minimum absolute atomic E-state index is 0.0879. The van der Waals surface area contributed by atoms with Crippen molar-refractivity contribution in [2.24, 2.45) is 34.0 Å². The molecule has 0 aromatic carbocycles. The third-order valence-electron chi connectivity index (χ3n) is 22.6. The van der Waals surface area contributed by atoms with Gasteiger partial charge in [0.1, 0.15) is 30.4 Å². The van der Waals surface area contributed by atoms with Crippen LogP contribution in [-0.4, -0.2) is 148 Å². The first-order valence-corrected chi connectivity index (χ1v) is 34.6. The van der Waals surface area contributed by atoms with Crippen molar-refractivity contribution < 1.29 is 85.4 Å². The van der Waals surface area contributed by atoms with Gasteiger partial charge in [0.2, 0.25) is 0 Å². The molecule has 14 aliphatic rings. The molecule has 0 aromatic heterocycles. The standard InChI is InChI=1S/C26H42O6.C24H42O6.C20H34O6/c1-4-23(2,3)22(27)32-26-15-19-13-24(17-26,30-20-9-5-7-11-28-20)16-25(14-19,18-26)31-21-10-6-8-12-29-21;1-8-21(6,7)20(25)30-24-13-19-11-22(15-24,28-17(4)26-9-2)14-23(12-19,16-24)29-18(5)27-10-3;1-6-17(2,3)16(21)26-20-9-15-7-18(11-20,24-13-22-4)10-19(8-15,12-20)25-14-23-5/h19-21H,4-18H2,1-3H3;17-19H,8-16H2,1-7H3;15H,6-14H2,1-5H3. The second-order valence-corrected chi connectivity index (χ2v) is 31.8. The zero-order chi connectivity index (χ0) is 63.7. The molecule has 0 amide bonds. The summed E-state index contributed by atoms with van der Waals surface area (Å²) < 4.78 is 91.9. The molecule has 18 nitrogen and oxygen atoms in total. The monoisotopic (exact) mass is 1250 g/mol. The molecule has 12 saturated carbocycles. The van der Waals surface area contributed by atoms with Gasteiger partial charge in [0.25, 0.3) is 0 Å². The Morgan fingerprint density at radius 3 is 1.02 bits per heavy atom. The minimum atomic E-state index is -0.541. The fraction of sp³-hybridized carbons (Fsp3) is 0.957. The van der Waals surface area contributed by atoms with Crippen LogP contribution < -0.4 is 0 Å². The Balaban J connectivity index is 0.000000158. The molecular weight excluding hydrogens is 1130 g/mol. The van der Waals surface area contributed by atoms with Crippen molar-refractivity contribution in [1.82, 2.24) is 0 Å². The molecule has 0 spiro atoms. The average molecular weight is 1250 g/mol. The summed E-state index contributed by atoms with van der Waals surface area (Å²) in [7, 11) is 3.27. The van der Waals surface area contributed by atoms with Crippen molar-refractivity contribution in [3.63, 3.8) is 0 Å². The van der Waals surface area contributed by atoms with E-state index in [0.29, 0.717) is 43.8 Å². The Bertz CT molecular complexity index is 2250. The molecule has 14 fully saturated rings. The van der Waals surface area contributed by atoms with E-state index in [2.05, 4.69) is 6.92 Å². The highest BCUT2D eigenvalue weighted by Crippen LogP contribution is 2.67. The molecule has 18 heteroatoms. The molecule has 10 atom stereocenters. The number of methoxy groups -OCH3 is 2. The third kappa shape index (κ3) is 15.8. The van der Waals surface area contributed by atoms with Gasteiger partial charge in [0.05, 0.1) is 49.9 Å². The smallest absolute Gasteiger partial charge is 0.312 e. The van der Waals surface area contributed by atoms with Gasteiger partial charge in [-0.25, -0.2) is 0 Å². The maximum Gasteiger partial charge on any atom is 0.312 e. The number of rotatable bonds is 27. The molecular formula is C70H118O18. The number of esters is 3. The normalized spacial score (nSPS) is 40.1. The summed E-state index contributed by atoms with van der Waals surface area (Å²) in [5.41, 5.74) is -5.18.